The topological polar surface area (TPSA) is 38.9 Å². The fraction of sp³-hybridized carbons (Fsp3) is 0.0435. The summed E-state index contributed by atoms with van der Waals surface area (Å²) in [6, 6.07) is 62.1. The predicted molar refractivity (Wildman–Crippen MR) is 211 cm³/mol. The lowest BCUT2D eigenvalue weighted by Crippen LogP contribution is -2.10. The van der Waals surface area contributed by atoms with Gasteiger partial charge in [0.15, 0.2) is 11.6 Å². The van der Waals surface area contributed by atoms with Gasteiger partial charge in [-0.05, 0) is 110 Å². The van der Waals surface area contributed by atoms with E-state index in [0.29, 0.717) is 0 Å². The predicted octanol–water partition coefficient (Wildman–Crippen LogP) is 11.8. The van der Waals surface area contributed by atoms with E-state index < -0.39 is 0 Å². The van der Waals surface area contributed by atoms with E-state index in [1.165, 1.54) is 27.4 Å². The first-order valence-electron chi connectivity index (χ1n) is 17.3. The van der Waals surface area contributed by atoms with Crippen LogP contribution in [0.3, 0.4) is 0 Å². The van der Waals surface area contributed by atoms with Crippen molar-refractivity contribution in [2.45, 2.75) is 13.8 Å². The van der Waals surface area contributed by atoms with Gasteiger partial charge in [-0.25, -0.2) is 0 Å². The second-order valence-corrected chi connectivity index (χ2v) is 12.9. The molecule has 244 valence electrons. The molecule has 0 fully saturated rings. The maximum absolute atomic E-state index is 4.78. The highest BCUT2D eigenvalue weighted by molar-refractivity contribution is 6.09. The number of aryl methyl sites for hydroxylation is 2. The number of fused-ring (bicyclic) bond motifs is 3. The van der Waals surface area contributed by atoms with Crippen molar-refractivity contribution in [3.05, 3.63) is 187 Å². The molecule has 51 heavy (non-hydrogen) atoms. The van der Waals surface area contributed by atoms with Gasteiger partial charge in [0.1, 0.15) is 0 Å². The third kappa shape index (κ3) is 5.36. The number of hydrogen-bond donors (Lipinski definition) is 0. The Morgan fingerprint density at radius 2 is 0.941 bits per heavy atom. The SMILES string of the molecule is Cc1ccc(C)c(-c2nnc(-c3ccc(N(c4ccccc4)c4ccc(-n5c6ccccc6c6ccccc65)cc4)cc3)n2-c2ccccc2)c1. The van der Waals surface area contributed by atoms with Crippen LogP contribution in [-0.4, -0.2) is 19.3 Å². The Hall–Kier alpha value is -6.72. The first-order valence-corrected chi connectivity index (χ1v) is 17.3. The zero-order valence-electron chi connectivity index (χ0n) is 28.5. The minimum absolute atomic E-state index is 0.797. The number of nitrogens with zero attached hydrogens (tertiary/aromatic N) is 5. The summed E-state index contributed by atoms with van der Waals surface area (Å²) in [6.07, 6.45) is 0. The van der Waals surface area contributed by atoms with E-state index in [-0.39, 0.29) is 0 Å². The molecule has 7 aromatic carbocycles. The third-order valence-electron chi connectivity index (χ3n) is 9.66. The van der Waals surface area contributed by atoms with Gasteiger partial charge < -0.3 is 9.47 Å². The van der Waals surface area contributed by atoms with Crippen LogP contribution in [0.1, 0.15) is 11.1 Å². The molecule has 0 aliphatic carbocycles. The molecule has 0 radical (unpaired) electrons. The molecule has 0 aliphatic rings. The lowest BCUT2D eigenvalue weighted by Gasteiger charge is -2.26. The quantitative estimate of drug-likeness (QED) is 0.171. The number of hydrogen-bond acceptors (Lipinski definition) is 3. The van der Waals surface area contributed by atoms with Crippen LogP contribution in [0.4, 0.5) is 17.1 Å². The van der Waals surface area contributed by atoms with Gasteiger partial charge >= 0.3 is 0 Å². The van der Waals surface area contributed by atoms with Crippen LogP contribution >= 0.6 is 0 Å². The molecule has 0 bridgehead atoms. The van der Waals surface area contributed by atoms with Crippen LogP contribution in [0.5, 0.6) is 0 Å². The summed E-state index contributed by atoms with van der Waals surface area (Å²) in [5.41, 5.74) is 12.2. The molecule has 0 N–H and O–H groups in total. The fourth-order valence-corrected chi connectivity index (χ4v) is 7.18. The van der Waals surface area contributed by atoms with Gasteiger partial charge in [-0.1, -0.05) is 90.5 Å². The van der Waals surface area contributed by atoms with Gasteiger partial charge in [0, 0.05) is 50.3 Å². The Bertz CT molecular complexity index is 2580. The molecule has 5 nitrogen and oxygen atoms in total. The standard InChI is InChI=1S/C46H35N5/c1-32-21-22-33(2)42(31-32)46-48-47-45(51(46)36-15-7-4-8-16-36)34-23-25-37(26-24-34)49(35-13-5-3-6-14-35)38-27-29-39(30-28-38)50-43-19-11-9-17-40(43)41-18-10-12-20-44(41)50/h3-31H,1-2H3. The third-order valence-corrected chi connectivity index (χ3v) is 9.66. The molecule has 5 heteroatoms. The van der Waals surface area contributed by atoms with E-state index in [2.05, 4.69) is 198 Å². The zero-order valence-corrected chi connectivity index (χ0v) is 28.5. The van der Waals surface area contributed by atoms with Gasteiger partial charge in [-0.3, -0.25) is 4.57 Å². The second kappa shape index (κ2) is 12.6. The van der Waals surface area contributed by atoms with Crippen LogP contribution in [0.25, 0.3) is 56.0 Å². The molecule has 2 aromatic heterocycles. The summed E-state index contributed by atoms with van der Waals surface area (Å²) >= 11 is 0. The molecule has 9 rings (SSSR count). The highest BCUT2D eigenvalue weighted by Gasteiger charge is 2.20. The van der Waals surface area contributed by atoms with E-state index in [9.17, 15) is 0 Å². The lowest BCUT2D eigenvalue weighted by atomic mass is 10.0. The Balaban J connectivity index is 1.12. The van der Waals surface area contributed by atoms with Crippen molar-refractivity contribution in [3.8, 4) is 34.2 Å². The van der Waals surface area contributed by atoms with Crippen LogP contribution in [0, 0.1) is 13.8 Å². The van der Waals surface area contributed by atoms with E-state index in [1.54, 1.807) is 0 Å². The molecular formula is C46H35N5. The summed E-state index contributed by atoms with van der Waals surface area (Å²) in [6.45, 7) is 4.24. The minimum atomic E-state index is 0.797. The van der Waals surface area contributed by atoms with Crippen molar-refractivity contribution < 1.29 is 0 Å². The molecule has 0 amide bonds. The van der Waals surface area contributed by atoms with Crippen LogP contribution < -0.4 is 4.90 Å². The maximum Gasteiger partial charge on any atom is 0.169 e. The number of anilines is 3. The van der Waals surface area contributed by atoms with Gasteiger partial charge in [-0.15, -0.1) is 10.2 Å². The van der Waals surface area contributed by atoms with E-state index in [4.69, 9.17) is 10.2 Å². The second-order valence-electron chi connectivity index (χ2n) is 12.9. The van der Waals surface area contributed by atoms with Crippen molar-refractivity contribution >= 4 is 38.9 Å². The van der Waals surface area contributed by atoms with Crippen LogP contribution in [0.15, 0.2) is 176 Å². The van der Waals surface area contributed by atoms with Crippen LogP contribution in [-0.2, 0) is 0 Å². The minimum Gasteiger partial charge on any atom is -0.311 e. The van der Waals surface area contributed by atoms with Gasteiger partial charge in [0.25, 0.3) is 0 Å². The Morgan fingerprint density at radius 1 is 0.431 bits per heavy atom. The monoisotopic (exact) mass is 657 g/mol. The fourth-order valence-electron chi connectivity index (χ4n) is 7.18. The molecule has 0 aliphatic heterocycles. The van der Waals surface area contributed by atoms with Crippen molar-refractivity contribution in [2.24, 2.45) is 0 Å². The van der Waals surface area contributed by atoms with Gasteiger partial charge in [-0.2, -0.15) is 0 Å². The van der Waals surface area contributed by atoms with E-state index in [1.807, 2.05) is 6.07 Å². The van der Waals surface area contributed by atoms with Crippen molar-refractivity contribution in [2.75, 3.05) is 4.90 Å². The number of benzene rings is 7. The molecule has 0 atom stereocenters. The summed E-state index contributed by atoms with van der Waals surface area (Å²) in [7, 11) is 0. The highest BCUT2D eigenvalue weighted by atomic mass is 15.3. The average molecular weight is 658 g/mol. The normalized spacial score (nSPS) is 11.3. The Morgan fingerprint density at radius 3 is 1.59 bits per heavy atom. The summed E-state index contributed by atoms with van der Waals surface area (Å²) in [4.78, 5) is 2.29. The summed E-state index contributed by atoms with van der Waals surface area (Å²) in [5.74, 6) is 1.63. The van der Waals surface area contributed by atoms with Crippen molar-refractivity contribution in [1.82, 2.24) is 19.3 Å². The van der Waals surface area contributed by atoms with E-state index >= 15 is 0 Å². The van der Waals surface area contributed by atoms with Crippen molar-refractivity contribution in [1.29, 1.82) is 0 Å². The zero-order chi connectivity index (χ0) is 34.3. The Kier molecular flexibility index (Phi) is 7.51. The number of rotatable bonds is 7. The van der Waals surface area contributed by atoms with Crippen molar-refractivity contribution in [3.63, 3.8) is 0 Å². The first-order chi connectivity index (χ1) is 25.1. The number of aromatic nitrogens is 4. The Labute approximate surface area is 297 Å². The average Bonchev–Trinajstić information content (AvgIpc) is 3.78. The first kappa shape index (κ1) is 30.3. The molecule has 2 heterocycles. The van der Waals surface area contributed by atoms with Gasteiger partial charge in [0.05, 0.1) is 11.0 Å². The largest absolute Gasteiger partial charge is 0.311 e. The summed E-state index contributed by atoms with van der Waals surface area (Å²) < 4.78 is 4.52. The molecule has 0 saturated heterocycles. The number of para-hydroxylation sites is 4. The molecule has 0 spiro atoms. The lowest BCUT2D eigenvalue weighted by molar-refractivity contribution is 1.07. The van der Waals surface area contributed by atoms with Crippen LogP contribution in [0.2, 0.25) is 0 Å². The van der Waals surface area contributed by atoms with Gasteiger partial charge in [0.2, 0.25) is 0 Å². The molecular weight excluding hydrogens is 623 g/mol. The molecule has 0 unspecified atom stereocenters. The highest BCUT2D eigenvalue weighted by Crippen LogP contribution is 2.38. The smallest absolute Gasteiger partial charge is 0.169 e. The molecule has 9 aromatic rings. The summed E-state index contributed by atoms with van der Waals surface area (Å²) in [5, 5.41) is 12.1. The molecule has 0 saturated carbocycles. The van der Waals surface area contributed by atoms with E-state index in [0.717, 1.165) is 56.8 Å². The maximum atomic E-state index is 4.78.